The van der Waals surface area contributed by atoms with E-state index in [1.165, 1.54) is 0 Å². The van der Waals surface area contributed by atoms with Crippen LogP contribution in [0.15, 0.2) is 0 Å². The Labute approximate surface area is 99.7 Å². The van der Waals surface area contributed by atoms with Gasteiger partial charge in [-0.1, -0.05) is 0 Å². The quantitative estimate of drug-likeness (QED) is 0.740. The number of ether oxygens (including phenoxy) is 1. The molecular formula is C12H27N3O. The summed E-state index contributed by atoms with van der Waals surface area (Å²) < 4.78 is 5.73. The summed E-state index contributed by atoms with van der Waals surface area (Å²) in [5, 5.41) is 0. The van der Waals surface area contributed by atoms with E-state index in [1.807, 2.05) is 0 Å². The summed E-state index contributed by atoms with van der Waals surface area (Å²) in [6, 6.07) is 0. The molecule has 1 heterocycles. The van der Waals surface area contributed by atoms with Gasteiger partial charge >= 0.3 is 0 Å². The van der Waals surface area contributed by atoms with E-state index < -0.39 is 0 Å². The Morgan fingerprint density at radius 2 is 1.50 bits per heavy atom. The van der Waals surface area contributed by atoms with Crippen molar-refractivity contribution in [3.63, 3.8) is 0 Å². The highest BCUT2D eigenvalue weighted by Gasteiger charge is 2.16. The smallest absolute Gasteiger partial charge is 0.0600 e. The van der Waals surface area contributed by atoms with Gasteiger partial charge in [0.05, 0.1) is 12.2 Å². The molecule has 2 N–H and O–H groups in total. The fourth-order valence-corrected chi connectivity index (χ4v) is 1.90. The van der Waals surface area contributed by atoms with Crippen molar-refractivity contribution in [3.8, 4) is 0 Å². The van der Waals surface area contributed by atoms with Gasteiger partial charge in [0, 0.05) is 45.8 Å². The van der Waals surface area contributed by atoms with E-state index in [9.17, 15) is 0 Å². The zero-order valence-electron chi connectivity index (χ0n) is 11.0. The Kier molecular flexibility index (Phi) is 5.69. The Morgan fingerprint density at radius 1 is 1.00 bits per heavy atom. The number of piperazine rings is 1. The SMILES string of the molecule is CC(C)(C)OCCN1CCN(CCN)CC1. The molecule has 1 aliphatic heterocycles. The number of nitrogens with zero attached hydrogens (tertiary/aromatic N) is 2. The van der Waals surface area contributed by atoms with Gasteiger partial charge in [0.25, 0.3) is 0 Å². The molecule has 1 rings (SSSR count). The molecule has 0 aromatic rings. The summed E-state index contributed by atoms with van der Waals surface area (Å²) in [4.78, 5) is 4.90. The molecule has 1 aliphatic rings. The third-order valence-electron chi connectivity index (χ3n) is 2.85. The van der Waals surface area contributed by atoms with Crippen LogP contribution in [-0.2, 0) is 4.74 Å². The number of hydrogen-bond acceptors (Lipinski definition) is 4. The molecular weight excluding hydrogens is 202 g/mol. The second-order valence-corrected chi connectivity index (χ2v) is 5.43. The summed E-state index contributed by atoms with van der Waals surface area (Å²) in [7, 11) is 0. The lowest BCUT2D eigenvalue weighted by Gasteiger charge is -2.34. The van der Waals surface area contributed by atoms with E-state index in [2.05, 4.69) is 30.6 Å². The monoisotopic (exact) mass is 229 g/mol. The van der Waals surface area contributed by atoms with Crippen molar-refractivity contribution >= 4 is 0 Å². The molecule has 0 aromatic carbocycles. The van der Waals surface area contributed by atoms with E-state index in [0.717, 1.165) is 52.4 Å². The maximum Gasteiger partial charge on any atom is 0.0600 e. The van der Waals surface area contributed by atoms with Gasteiger partial charge in [0.2, 0.25) is 0 Å². The second kappa shape index (κ2) is 6.55. The third kappa shape index (κ3) is 5.80. The molecule has 0 spiro atoms. The molecule has 0 radical (unpaired) electrons. The highest BCUT2D eigenvalue weighted by Crippen LogP contribution is 2.07. The van der Waals surface area contributed by atoms with Crippen LogP contribution in [0.4, 0.5) is 0 Å². The fourth-order valence-electron chi connectivity index (χ4n) is 1.90. The molecule has 0 atom stereocenters. The van der Waals surface area contributed by atoms with Crippen LogP contribution < -0.4 is 5.73 Å². The maximum atomic E-state index is 5.73. The van der Waals surface area contributed by atoms with Crippen molar-refractivity contribution in [2.24, 2.45) is 5.73 Å². The standard InChI is InChI=1S/C12H27N3O/c1-12(2,3)16-11-10-15-8-6-14(5-4-13)7-9-15/h4-11,13H2,1-3H3. The van der Waals surface area contributed by atoms with Crippen LogP contribution in [0.1, 0.15) is 20.8 Å². The minimum Gasteiger partial charge on any atom is -0.375 e. The van der Waals surface area contributed by atoms with Gasteiger partial charge < -0.3 is 10.5 Å². The Bertz CT molecular complexity index is 183. The van der Waals surface area contributed by atoms with Gasteiger partial charge in [-0.3, -0.25) is 9.80 Å². The minimum absolute atomic E-state index is 0.0125. The zero-order chi connectivity index (χ0) is 12.0. The summed E-state index contributed by atoms with van der Waals surface area (Å²) in [6.45, 7) is 14.6. The minimum atomic E-state index is -0.0125. The lowest BCUT2D eigenvalue weighted by atomic mass is 10.2. The van der Waals surface area contributed by atoms with E-state index in [-0.39, 0.29) is 5.60 Å². The molecule has 96 valence electrons. The van der Waals surface area contributed by atoms with Gasteiger partial charge in [-0.2, -0.15) is 0 Å². The van der Waals surface area contributed by atoms with Crippen molar-refractivity contribution in [1.29, 1.82) is 0 Å². The largest absolute Gasteiger partial charge is 0.375 e. The molecule has 4 heteroatoms. The van der Waals surface area contributed by atoms with Gasteiger partial charge in [-0.25, -0.2) is 0 Å². The number of nitrogens with two attached hydrogens (primary N) is 1. The first-order chi connectivity index (χ1) is 7.51. The third-order valence-corrected chi connectivity index (χ3v) is 2.85. The van der Waals surface area contributed by atoms with Crippen LogP contribution in [0.5, 0.6) is 0 Å². The summed E-state index contributed by atoms with van der Waals surface area (Å²) in [5.41, 5.74) is 5.53. The molecule has 0 aromatic heterocycles. The van der Waals surface area contributed by atoms with Crippen molar-refractivity contribution in [1.82, 2.24) is 9.80 Å². The van der Waals surface area contributed by atoms with Gasteiger partial charge in [0.1, 0.15) is 0 Å². The highest BCUT2D eigenvalue weighted by molar-refractivity contribution is 4.72. The van der Waals surface area contributed by atoms with Crippen LogP contribution >= 0.6 is 0 Å². The lowest BCUT2D eigenvalue weighted by Crippen LogP contribution is -2.48. The van der Waals surface area contributed by atoms with Gasteiger partial charge in [-0.15, -0.1) is 0 Å². The second-order valence-electron chi connectivity index (χ2n) is 5.43. The van der Waals surface area contributed by atoms with Crippen LogP contribution in [0.3, 0.4) is 0 Å². The van der Waals surface area contributed by atoms with Crippen LogP contribution in [0, 0.1) is 0 Å². The normalized spacial score (nSPS) is 20.2. The summed E-state index contributed by atoms with van der Waals surface area (Å²) in [6.07, 6.45) is 0. The molecule has 1 fully saturated rings. The first-order valence-electron chi connectivity index (χ1n) is 6.30. The van der Waals surface area contributed by atoms with Crippen LogP contribution in [0.25, 0.3) is 0 Å². The number of rotatable bonds is 5. The van der Waals surface area contributed by atoms with E-state index >= 15 is 0 Å². The molecule has 4 nitrogen and oxygen atoms in total. The lowest BCUT2D eigenvalue weighted by molar-refractivity contribution is -0.0176. The zero-order valence-corrected chi connectivity index (χ0v) is 11.0. The van der Waals surface area contributed by atoms with Gasteiger partial charge in [-0.05, 0) is 20.8 Å². The molecule has 0 saturated carbocycles. The summed E-state index contributed by atoms with van der Waals surface area (Å²) >= 11 is 0. The molecule has 0 aliphatic carbocycles. The predicted molar refractivity (Wildman–Crippen MR) is 67.6 cm³/mol. The van der Waals surface area contributed by atoms with E-state index in [4.69, 9.17) is 10.5 Å². The van der Waals surface area contributed by atoms with Crippen molar-refractivity contribution < 1.29 is 4.74 Å². The molecule has 0 unspecified atom stereocenters. The molecule has 16 heavy (non-hydrogen) atoms. The van der Waals surface area contributed by atoms with Crippen molar-refractivity contribution in [3.05, 3.63) is 0 Å². The first kappa shape index (κ1) is 13.9. The van der Waals surface area contributed by atoms with Gasteiger partial charge in [0.15, 0.2) is 0 Å². The molecule has 0 bridgehead atoms. The Balaban J connectivity index is 2.08. The van der Waals surface area contributed by atoms with Crippen LogP contribution in [0.2, 0.25) is 0 Å². The Morgan fingerprint density at radius 3 is 1.94 bits per heavy atom. The van der Waals surface area contributed by atoms with Crippen molar-refractivity contribution in [2.45, 2.75) is 26.4 Å². The number of hydrogen-bond donors (Lipinski definition) is 1. The van der Waals surface area contributed by atoms with Crippen molar-refractivity contribution in [2.75, 3.05) is 52.4 Å². The van der Waals surface area contributed by atoms with E-state index in [1.54, 1.807) is 0 Å². The Hall–Kier alpha value is -0.160. The average molecular weight is 229 g/mol. The maximum absolute atomic E-state index is 5.73. The average Bonchev–Trinajstić information content (AvgIpc) is 2.19. The molecule has 0 amide bonds. The predicted octanol–water partition coefficient (Wildman–Crippen LogP) is 0.378. The highest BCUT2D eigenvalue weighted by atomic mass is 16.5. The first-order valence-corrected chi connectivity index (χ1v) is 6.30. The topological polar surface area (TPSA) is 41.7 Å². The summed E-state index contributed by atoms with van der Waals surface area (Å²) in [5.74, 6) is 0. The van der Waals surface area contributed by atoms with Crippen LogP contribution in [-0.4, -0.2) is 67.8 Å². The molecule has 1 saturated heterocycles. The fraction of sp³-hybridized carbons (Fsp3) is 1.00. The van der Waals surface area contributed by atoms with E-state index in [0.29, 0.717) is 0 Å².